The van der Waals surface area contributed by atoms with Crippen molar-refractivity contribution in [2.75, 3.05) is 18.9 Å². The van der Waals surface area contributed by atoms with Crippen molar-refractivity contribution in [3.63, 3.8) is 0 Å². The van der Waals surface area contributed by atoms with Crippen LogP contribution in [0.25, 0.3) is 0 Å². The summed E-state index contributed by atoms with van der Waals surface area (Å²) >= 11 is 0. The lowest BCUT2D eigenvalue weighted by Crippen LogP contribution is -1.94. The molecule has 0 aliphatic heterocycles. The Labute approximate surface area is 78.7 Å². The fourth-order valence-electron chi connectivity index (χ4n) is 1.09. The van der Waals surface area contributed by atoms with Crippen molar-refractivity contribution in [2.24, 2.45) is 0 Å². The minimum Gasteiger partial charge on any atom is -0.360 e. The largest absolute Gasteiger partial charge is 0.360 e. The van der Waals surface area contributed by atoms with E-state index in [0.29, 0.717) is 0 Å². The molecule has 0 atom stereocenters. The molecule has 0 fully saturated rings. The molecule has 0 spiro atoms. The molecule has 0 heterocycles. The van der Waals surface area contributed by atoms with Crippen LogP contribution in [0.4, 0.5) is 0 Å². The summed E-state index contributed by atoms with van der Waals surface area (Å²) in [7, 11) is -0.0725. The molecule has 0 aliphatic rings. The van der Waals surface area contributed by atoms with Gasteiger partial charge in [0.1, 0.15) is 0 Å². The maximum absolute atomic E-state index is 5.71. The van der Waals surface area contributed by atoms with Crippen LogP contribution in [0.3, 0.4) is 0 Å². The topological polar surface area (TPSA) is 9.23 Å². The summed E-state index contributed by atoms with van der Waals surface area (Å²) in [4.78, 5) is 0. The molecule has 0 unspecified atom stereocenters. The Balaban J connectivity index is 3.40. The maximum atomic E-state index is 5.71. The highest BCUT2D eigenvalue weighted by Gasteiger charge is 2.05. The van der Waals surface area contributed by atoms with Gasteiger partial charge in [-0.2, -0.15) is 0 Å². The molecule has 12 heavy (non-hydrogen) atoms. The number of hydrogen-bond acceptors (Lipinski definition) is 1. The van der Waals surface area contributed by atoms with E-state index in [4.69, 9.17) is 4.52 Å². The summed E-state index contributed by atoms with van der Waals surface area (Å²) in [6, 6.07) is 0. The predicted molar refractivity (Wildman–Crippen MR) is 58.1 cm³/mol. The van der Waals surface area contributed by atoms with E-state index in [-0.39, 0.29) is 8.15 Å². The fourth-order valence-corrected chi connectivity index (χ4v) is 3.28. The van der Waals surface area contributed by atoms with Crippen LogP contribution in [-0.2, 0) is 4.52 Å². The van der Waals surface area contributed by atoms with Gasteiger partial charge >= 0.3 is 0 Å². The van der Waals surface area contributed by atoms with Crippen molar-refractivity contribution in [3.05, 3.63) is 0 Å². The Morgan fingerprint density at radius 2 is 1.42 bits per heavy atom. The van der Waals surface area contributed by atoms with Crippen LogP contribution in [0.1, 0.15) is 46.5 Å². The smallest absolute Gasteiger partial charge is 0.0480 e. The minimum atomic E-state index is -0.0725. The molecule has 0 saturated heterocycles. The van der Waals surface area contributed by atoms with Gasteiger partial charge < -0.3 is 4.52 Å². The highest BCUT2D eigenvalue weighted by molar-refractivity contribution is 7.52. The second-order valence-corrected chi connectivity index (χ2v) is 5.17. The zero-order valence-corrected chi connectivity index (χ0v) is 9.70. The van der Waals surface area contributed by atoms with Gasteiger partial charge in [-0.05, 0) is 32.1 Å². The number of hydrogen-bond donors (Lipinski definition) is 0. The zero-order valence-electron chi connectivity index (χ0n) is 8.81. The van der Waals surface area contributed by atoms with Crippen LogP contribution in [0.5, 0.6) is 0 Å². The second-order valence-electron chi connectivity index (χ2n) is 3.05. The van der Waals surface area contributed by atoms with Crippen LogP contribution < -0.4 is 0 Å². The van der Waals surface area contributed by atoms with E-state index in [1.54, 1.807) is 0 Å². The fraction of sp³-hybridized carbons (Fsp3) is 1.00. The Bertz CT molecular complexity index is 77.9. The average molecular weight is 190 g/mol. The highest BCUT2D eigenvalue weighted by Crippen LogP contribution is 2.38. The van der Waals surface area contributed by atoms with E-state index in [2.05, 4.69) is 20.8 Å². The van der Waals surface area contributed by atoms with Crippen molar-refractivity contribution < 1.29 is 4.52 Å². The van der Waals surface area contributed by atoms with Crippen LogP contribution in [0.15, 0.2) is 0 Å². The van der Waals surface area contributed by atoms with Gasteiger partial charge in [0.05, 0.1) is 0 Å². The van der Waals surface area contributed by atoms with Gasteiger partial charge in [-0.1, -0.05) is 26.7 Å². The molecule has 0 saturated carbocycles. The Hall–Kier alpha value is 0.390. The lowest BCUT2D eigenvalue weighted by atomic mass is 10.4. The molecule has 2 heteroatoms. The number of unbranched alkanes of at least 4 members (excludes halogenated alkanes) is 2. The van der Waals surface area contributed by atoms with Crippen LogP contribution >= 0.6 is 8.15 Å². The summed E-state index contributed by atoms with van der Waals surface area (Å²) < 4.78 is 5.71. The summed E-state index contributed by atoms with van der Waals surface area (Å²) in [6.07, 6.45) is 7.93. The highest BCUT2D eigenvalue weighted by atomic mass is 31.1. The molecule has 0 rings (SSSR count). The van der Waals surface area contributed by atoms with E-state index in [1.807, 2.05) is 0 Å². The third-order valence-electron chi connectivity index (χ3n) is 1.83. The first-order valence-electron chi connectivity index (χ1n) is 5.23. The van der Waals surface area contributed by atoms with Gasteiger partial charge in [0.15, 0.2) is 0 Å². The van der Waals surface area contributed by atoms with Crippen LogP contribution in [-0.4, -0.2) is 18.9 Å². The van der Waals surface area contributed by atoms with E-state index in [0.717, 1.165) is 6.61 Å². The van der Waals surface area contributed by atoms with E-state index >= 15 is 0 Å². The molecule has 1 nitrogen and oxygen atoms in total. The predicted octanol–water partition coefficient (Wildman–Crippen LogP) is 4.02. The average Bonchev–Trinajstić information content (AvgIpc) is 2.10. The monoisotopic (exact) mass is 190 g/mol. The molecule has 0 aromatic rings. The van der Waals surface area contributed by atoms with Gasteiger partial charge in [0.25, 0.3) is 0 Å². The maximum Gasteiger partial charge on any atom is 0.0480 e. The third-order valence-corrected chi connectivity index (χ3v) is 4.09. The van der Waals surface area contributed by atoms with E-state index in [9.17, 15) is 0 Å². The molecular weight excluding hydrogens is 167 g/mol. The quantitative estimate of drug-likeness (QED) is 0.525. The molecular formula is C10H23OP. The summed E-state index contributed by atoms with van der Waals surface area (Å²) in [6.45, 7) is 7.50. The van der Waals surface area contributed by atoms with Gasteiger partial charge in [0, 0.05) is 14.8 Å². The lowest BCUT2D eigenvalue weighted by molar-refractivity contribution is 0.376. The van der Waals surface area contributed by atoms with E-state index in [1.165, 1.54) is 38.0 Å². The Kier molecular flexibility index (Phi) is 9.79. The summed E-state index contributed by atoms with van der Waals surface area (Å²) in [5, 5.41) is 0. The molecule has 0 bridgehead atoms. The standard InChI is InChI=1S/C10H23OP/c1-4-7-9-12(11-6-3)10-8-5-2/h4-10H2,1-3H3. The van der Waals surface area contributed by atoms with Gasteiger partial charge in [0.2, 0.25) is 0 Å². The van der Waals surface area contributed by atoms with Crippen molar-refractivity contribution in [1.82, 2.24) is 0 Å². The molecule has 0 N–H and O–H groups in total. The normalized spacial score (nSPS) is 11.0. The Morgan fingerprint density at radius 1 is 0.917 bits per heavy atom. The molecule has 0 aromatic heterocycles. The first-order valence-corrected chi connectivity index (χ1v) is 6.86. The Morgan fingerprint density at radius 3 is 1.75 bits per heavy atom. The minimum absolute atomic E-state index is 0.0725. The van der Waals surface area contributed by atoms with Gasteiger partial charge in [-0.15, -0.1) is 0 Å². The summed E-state index contributed by atoms with van der Waals surface area (Å²) in [5.41, 5.74) is 0. The lowest BCUT2D eigenvalue weighted by Gasteiger charge is -2.15. The summed E-state index contributed by atoms with van der Waals surface area (Å²) in [5.74, 6) is 0. The molecule has 0 aromatic carbocycles. The molecule has 0 aliphatic carbocycles. The van der Waals surface area contributed by atoms with Crippen molar-refractivity contribution in [3.8, 4) is 0 Å². The van der Waals surface area contributed by atoms with Gasteiger partial charge in [-0.25, -0.2) is 0 Å². The molecule has 0 radical (unpaired) electrons. The van der Waals surface area contributed by atoms with Crippen LogP contribution in [0.2, 0.25) is 0 Å². The second kappa shape index (κ2) is 9.48. The molecule has 74 valence electrons. The zero-order chi connectivity index (χ0) is 9.23. The van der Waals surface area contributed by atoms with Crippen molar-refractivity contribution >= 4 is 8.15 Å². The van der Waals surface area contributed by atoms with Crippen molar-refractivity contribution in [1.29, 1.82) is 0 Å². The van der Waals surface area contributed by atoms with E-state index < -0.39 is 0 Å². The van der Waals surface area contributed by atoms with Crippen molar-refractivity contribution in [2.45, 2.75) is 46.5 Å². The molecule has 0 amide bonds. The van der Waals surface area contributed by atoms with Crippen LogP contribution in [0, 0.1) is 0 Å². The van der Waals surface area contributed by atoms with Gasteiger partial charge in [-0.3, -0.25) is 0 Å². The first-order chi connectivity index (χ1) is 5.85. The number of rotatable bonds is 8. The first kappa shape index (κ1) is 12.4. The SMILES string of the molecule is CCCCP(CCCC)OCC. The third kappa shape index (κ3) is 7.06.